The molecular weight excluding hydrogens is 825 g/mol. The summed E-state index contributed by atoms with van der Waals surface area (Å²) in [7, 11) is -14.6. The lowest BCUT2D eigenvalue weighted by molar-refractivity contribution is 0.0697. The summed E-state index contributed by atoms with van der Waals surface area (Å²) in [5, 5.41) is 51.6. The van der Waals surface area contributed by atoms with E-state index in [9.17, 15) is 63.8 Å². The van der Waals surface area contributed by atoms with E-state index in [-0.39, 0.29) is 55.4 Å². The number of phenols is 2. The van der Waals surface area contributed by atoms with Crippen molar-refractivity contribution in [3.05, 3.63) is 102 Å². The van der Waals surface area contributed by atoms with Crippen molar-refractivity contribution < 1.29 is 63.8 Å². The predicted octanol–water partition coefficient (Wildman–Crippen LogP) is 7.63. The summed E-state index contributed by atoms with van der Waals surface area (Å²) in [4.78, 5) is 22.4. The van der Waals surface area contributed by atoms with Gasteiger partial charge in [-0.1, -0.05) is 12.1 Å². The monoisotopic (exact) mass is 850 g/mol. The Labute approximate surface area is 327 Å². The zero-order chi connectivity index (χ0) is 42.3. The van der Waals surface area contributed by atoms with Crippen molar-refractivity contribution in [3.63, 3.8) is 0 Å². The van der Waals surface area contributed by atoms with Gasteiger partial charge in [0.2, 0.25) is 0 Å². The molecule has 0 aliphatic carbocycles. The molecule has 0 aromatic heterocycles. The fourth-order valence-electron chi connectivity index (χ4n) is 5.59. The Bertz CT molecular complexity index is 3140. The molecule has 8 N–H and O–H groups in total. The molecule has 0 saturated carbocycles. The first-order valence-electron chi connectivity index (χ1n) is 16.0. The van der Waals surface area contributed by atoms with E-state index in [2.05, 4.69) is 31.1 Å². The van der Waals surface area contributed by atoms with Gasteiger partial charge < -0.3 is 26.0 Å². The van der Waals surface area contributed by atoms with Crippen LogP contribution in [0.3, 0.4) is 0 Å². The van der Waals surface area contributed by atoms with Crippen molar-refractivity contribution in [2.45, 2.75) is 21.6 Å². The molecule has 0 aliphatic rings. The number of benzene rings is 6. The summed E-state index contributed by atoms with van der Waals surface area (Å²) < 4.78 is 101. The fourth-order valence-corrected chi connectivity index (χ4v) is 7.47. The number of carbonyl (C=O) groups is 2. The number of amides is 2. The van der Waals surface area contributed by atoms with E-state index in [1.807, 2.05) is 0 Å². The summed E-state index contributed by atoms with van der Waals surface area (Å²) in [5.74, 6) is -2.81. The van der Waals surface area contributed by atoms with Crippen LogP contribution in [-0.4, -0.2) is 66.2 Å². The molecule has 6 aromatic rings. The number of carboxylic acids is 1. The number of aryl methyl sites for hydroxylation is 1. The first-order valence-corrected chi connectivity index (χ1v) is 20.3. The number of aromatic hydroxyl groups is 2. The van der Waals surface area contributed by atoms with Gasteiger partial charge in [0, 0.05) is 22.1 Å². The van der Waals surface area contributed by atoms with Crippen LogP contribution in [0.25, 0.3) is 21.5 Å². The van der Waals surface area contributed by atoms with Gasteiger partial charge in [0.25, 0.3) is 30.4 Å². The van der Waals surface area contributed by atoms with Crippen LogP contribution >= 0.6 is 0 Å². The number of fused-ring (bicyclic) bond motifs is 2. The Morgan fingerprint density at radius 3 is 1.50 bits per heavy atom. The summed E-state index contributed by atoms with van der Waals surface area (Å²) in [6.07, 6.45) is 0. The maximum absolute atomic E-state index is 13.0. The molecule has 0 saturated heterocycles. The second kappa shape index (κ2) is 15.2. The van der Waals surface area contributed by atoms with E-state index in [1.54, 1.807) is 0 Å². The third-order valence-corrected chi connectivity index (χ3v) is 10.9. The summed E-state index contributed by atoms with van der Waals surface area (Å²) in [6, 6.07) is 17.5. The van der Waals surface area contributed by atoms with Crippen molar-refractivity contribution in [3.8, 4) is 11.5 Å². The number of nitrogens with one attached hydrogen (secondary N) is 2. The lowest BCUT2D eigenvalue weighted by Crippen LogP contribution is -2.19. The van der Waals surface area contributed by atoms with Crippen LogP contribution in [0.2, 0.25) is 0 Å². The average molecular weight is 851 g/mol. The van der Waals surface area contributed by atoms with Crippen LogP contribution in [0.15, 0.2) is 126 Å². The van der Waals surface area contributed by atoms with E-state index in [0.29, 0.717) is 0 Å². The molecular formula is C35H26N6O14S3. The number of azo groups is 2. The maximum atomic E-state index is 13.0. The molecule has 6 rings (SSSR count). The highest BCUT2D eigenvalue weighted by atomic mass is 32.2. The number of phenolic OH excluding ortho intramolecular Hbond substituents is 2. The zero-order valence-electron chi connectivity index (χ0n) is 29.1. The Morgan fingerprint density at radius 2 is 1.05 bits per heavy atom. The molecule has 0 fully saturated rings. The summed E-state index contributed by atoms with van der Waals surface area (Å²) in [6.45, 7) is 1.43. The third kappa shape index (κ3) is 8.58. The first-order chi connectivity index (χ1) is 27.1. The molecule has 58 heavy (non-hydrogen) atoms. The number of carbonyl (C=O) groups excluding carboxylic acids is 1. The minimum atomic E-state index is -5.05. The van der Waals surface area contributed by atoms with E-state index < -0.39 is 79.9 Å². The Kier molecular flexibility index (Phi) is 10.7. The number of anilines is 2. The highest BCUT2D eigenvalue weighted by molar-refractivity contribution is 7.86. The fraction of sp³-hybridized carbons (Fsp3) is 0.0286. The Hall–Kier alpha value is -6.89. The van der Waals surface area contributed by atoms with Gasteiger partial charge in [-0.05, 0) is 102 Å². The van der Waals surface area contributed by atoms with Gasteiger partial charge in [0.1, 0.15) is 26.9 Å². The van der Waals surface area contributed by atoms with E-state index in [0.717, 1.165) is 24.3 Å². The van der Waals surface area contributed by atoms with Crippen LogP contribution in [0, 0.1) is 6.92 Å². The number of rotatable bonds is 10. The Balaban J connectivity index is 1.28. The molecule has 0 spiro atoms. The standard InChI is InChI=1S/C35H26N6O14S3/c1-17-12-22(56(47,48)49)8-11-26(17)38-40-30-28(57(50,51)52)15-18-13-20(6-9-23(18)32(30)42)36-35(46)37-21-7-10-24-19(14-21)16-29(58(53,54)55)31(33(24)43)41-39-27-5-3-2-4-25(27)34(44)45/h2-16,42-43H,1H3,(H,44,45)(H2,36,37,46)(H,47,48,49)(H,50,51,52)(H,53,54,55). The molecule has 0 unspecified atom stereocenters. The van der Waals surface area contributed by atoms with Gasteiger partial charge in [-0.3, -0.25) is 13.7 Å². The van der Waals surface area contributed by atoms with Gasteiger partial charge in [-0.15, -0.1) is 15.3 Å². The van der Waals surface area contributed by atoms with Crippen LogP contribution in [0.1, 0.15) is 15.9 Å². The molecule has 6 aromatic carbocycles. The van der Waals surface area contributed by atoms with Crippen molar-refractivity contribution in [2.75, 3.05) is 10.6 Å². The highest BCUT2D eigenvalue weighted by Gasteiger charge is 2.24. The predicted molar refractivity (Wildman–Crippen MR) is 206 cm³/mol. The molecule has 23 heteroatoms. The SMILES string of the molecule is Cc1cc(S(=O)(=O)O)ccc1N=Nc1c(S(=O)(=O)O)cc2cc(NC(=O)Nc3ccc4c(O)c(N=Nc5ccccc5C(=O)O)c(S(=O)(=O)O)cc4c3)ccc2c1O. The first kappa shape index (κ1) is 40.8. The maximum Gasteiger partial charge on any atom is 0.337 e. The molecule has 20 nitrogen and oxygen atoms in total. The molecule has 298 valence electrons. The minimum absolute atomic E-state index is 0.00460. The molecule has 0 bridgehead atoms. The van der Waals surface area contributed by atoms with Crippen molar-refractivity contribution >= 4 is 98.0 Å². The third-order valence-electron chi connectivity index (χ3n) is 8.29. The number of aromatic carboxylic acids is 1. The van der Waals surface area contributed by atoms with Gasteiger partial charge in [-0.2, -0.15) is 30.4 Å². The normalized spacial score (nSPS) is 12.4. The lowest BCUT2D eigenvalue weighted by atomic mass is 10.1. The number of hydrogen-bond acceptors (Lipinski definition) is 14. The Morgan fingerprint density at radius 1 is 0.569 bits per heavy atom. The minimum Gasteiger partial charge on any atom is -0.505 e. The van der Waals surface area contributed by atoms with Gasteiger partial charge >= 0.3 is 12.0 Å². The lowest BCUT2D eigenvalue weighted by Gasteiger charge is -2.13. The number of nitrogens with zero attached hydrogens (tertiary/aromatic N) is 4. The smallest absolute Gasteiger partial charge is 0.337 e. The van der Waals surface area contributed by atoms with Crippen LogP contribution in [-0.2, 0) is 30.4 Å². The number of hydrogen-bond donors (Lipinski definition) is 8. The second-order valence-corrected chi connectivity index (χ2v) is 16.4. The molecule has 0 radical (unpaired) electrons. The van der Waals surface area contributed by atoms with Gasteiger partial charge in [0.05, 0.1) is 16.1 Å². The van der Waals surface area contributed by atoms with E-state index in [1.165, 1.54) is 73.7 Å². The summed E-state index contributed by atoms with van der Waals surface area (Å²) >= 11 is 0. The summed E-state index contributed by atoms with van der Waals surface area (Å²) in [5.41, 5.74) is -1.43. The molecule has 0 heterocycles. The van der Waals surface area contributed by atoms with Crippen LogP contribution < -0.4 is 10.6 Å². The van der Waals surface area contributed by atoms with Gasteiger partial charge in [-0.25, -0.2) is 9.59 Å². The topological polar surface area (TPSA) is 331 Å². The largest absolute Gasteiger partial charge is 0.505 e. The van der Waals surface area contributed by atoms with Crippen molar-refractivity contribution in [2.24, 2.45) is 20.5 Å². The zero-order valence-corrected chi connectivity index (χ0v) is 31.6. The van der Waals surface area contributed by atoms with Crippen molar-refractivity contribution in [1.82, 2.24) is 0 Å². The van der Waals surface area contributed by atoms with E-state index >= 15 is 0 Å². The number of urea groups is 1. The van der Waals surface area contributed by atoms with Gasteiger partial charge in [0.15, 0.2) is 11.5 Å². The highest BCUT2D eigenvalue weighted by Crippen LogP contribution is 2.44. The molecule has 0 aliphatic heterocycles. The second-order valence-electron chi connectivity index (χ2n) is 12.2. The van der Waals surface area contributed by atoms with Crippen LogP contribution in [0.5, 0.6) is 11.5 Å². The number of carboxylic acid groups (broad SMARTS) is 1. The molecule has 2 amide bonds. The quantitative estimate of drug-likeness (QED) is 0.0485. The van der Waals surface area contributed by atoms with Crippen molar-refractivity contribution in [1.29, 1.82) is 0 Å². The molecule has 0 atom stereocenters. The van der Waals surface area contributed by atoms with Crippen LogP contribution in [0.4, 0.5) is 38.9 Å². The van der Waals surface area contributed by atoms with E-state index in [4.69, 9.17) is 0 Å². The average Bonchev–Trinajstić information content (AvgIpc) is 3.13.